The molecular weight excluding hydrogens is 298 g/mol. The number of rotatable bonds is 5. The van der Waals surface area contributed by atoms with Crippen molar-refractivity contribution in [3.63, 3.8) is 0 Å². The van der Waals surface area contributed by atoms with Crippen molar-refractivity contribution in [1.82, 2.24) is 25.1 Å². The van der Waals surface area contributed by atoms with Crippen molar-refractivity contribution < 1.29 is 0 Å². The number of imidazole rings is 1. The molecule has 24 heavy (non-hydrogen) atoms. The molecular formula is C19H23N5. The number of fused-ring (bicyclic) bond motifs is 1. The second kappa shape index (κ2) is 6.24. The number of hydrogen-bond donors (Lipinski definition) is 2. The van der Waals surface area contributed by atoms with Crippen LogP contribution in [0.25, 0.3) is 5.69 Å². The summed E-state index contributed by atoms with van der Waals surface area (Å²) in [7, 11) is 0. The SMILES string of the molecule is Cc1cnc(C(C)NCc2nn(-c3ccccc3)c3c2CCC3)[nH]1. The first-order valence-corrected chi connectivity index (χ1v) is 8.62. The average molecular weight is 321 g/mol. The summed E-state index contributed by atoms with van der Waals surface area (Å²) < 4.78 is 2.13. The van der Waals surface area contributed by atoms with Gasteiger partial charge in [-0.15, -0.1) is 0 Å². The first kappa shape index (κ1) is 15.1. The van der Waals surface area contributed by atoms with Crippen molar-refractivity contribution in [2.45, 2.75) is 45.7 Å². The van der Waals surface area contributed by atoms with Gasteiger partial charge in [-0.1, -0.05) is 18.2 Å². The molecule has 2 heterocycles. The molecule has 1 aliphatic rings. The smallest absolute Gasteiger partial charge is 0.123 e. The van der Waals surface area contributed by atoms with E-state index in [1.165, 1.54) is 23.4 Å². The first-order chi connectivity index (χ1) is 11.7. The molecule has 0 bridgehead atoms. The largest absolute Gasteiger partial charge is 0.345 e. The van der Waals surface area contributed by atoms with E-state index >= 15 is 0 Å². The fraction of sp³-hybridized carbons (Fsp3) is 0.368. The maximum atomic E-state index is 4.90. The molecule has 3 aromatic rings. The number of hydrogen-bond acceptors (Lipinski definition) is 3. The molecule has 5 nitrogen and oxygen atoms in total. The van der Waals surface area contributed by atoms with Crippen molar-refractivity contribution in [2.24, 2.45) is 0 Å². The molecule has 1 unspecified atom stereocenters. The Morgan fingerprint density at radius 3 is 2.83 bits per heavy atom. The number of para-hydroxylation sites is 1. The van der Waals surface area contributed by atoms with Crippen LogP contribution >= 0.6 is 0 Å². The van der Waals surface area contributed by atoms with Crippen LogP contribution < -0.4 is 5.32 Å². The molecule has 0 aliphatic heterocycles. The number of benzene rings is 1. The maximum absolute atomic E-state index is 4.90. The van der Waals surface area contributed by atoms with Crippen molar-refractivity contribution in [1.29, 1.82) is 0 Å². The van der Waals surface area contributed by atoms with Crippen LogP contribution in [0, 0.1) is 6.92 Å². The maximum Gasteiger partial charge on any atom is 0.123 e. The molecule has 0 spiro atoms. The standard InChI is InChI=1S/C19H23N5/c1-13-11-21-19(22-13)14(2)20-12-17-16-9-6-10-18(16)24(23-17)15-7-4-3-5-8-15/h3-5,7-8,11,14,20H,6,9-10,12H2,1-2H3,(H,21,22). The Morgan fingerprint density at radius 1 is 1.25 bits per heavy atom. The summed E-state index contributed by atoms with van der Waals surface area (Å²) in [6.45, 7) is 4.92. The first-order valence-electron chi connectivity index (χ1n) is 8.62. The van der Waals surface area contributed by atoms with Crippen LogP contribution in [0.1, 0.15) is 47.9 Å². The van der Waals surface area contributed by atoms with Crippen LogP contribution in [0.4, 0.5) is 0 Å². The molecule has 5 heteroatoms. The van der Waals surface area contributed by atoms with Gasteiger partial charge in [0.15, 0.2) is 0 Å². The summed E-state index contributed by atoms with van der Waals surface area (Å²) in [6, 6.07) is 10.6. The highest BCUT2D eigenvalue weighted by Gasteiger charge is 2.23. The van der Waals surface area contributed by atoms with Crippen LogP contribution in [-0.4, -0.2) is 19.7 Å². The second-order valence-corrected chi connectivity index (χ2v) is 6.53. The van der Waals surface area contributed by atoms with Crippen molar-refractivity contribution in [3.8, 4) is 5.69 Å². The molecule has 124 valence electrons. The Hall–Kier alpha value is -2.40. The van der Waals surface area contributed by atoms with Gasteiger partial charge in [0.1, 0.15) is 5.82 Å². The van der Waals surface area contributed by atoms with Gasteiger partial charge in [0, 0.05) is 24.1 Å². The molecule has 1 aromatic carbocycles. The van der Waals surface area contributed by atoms with Crippen molar-refractivity contribution in [3.05, 3.63) is 65.0 Å². The summed E-state index contributed by atoms with van der Waals surface area (Å²) in [5, 5.41) is 8.45. The minimum Gasteiger partial charge on any atom is -0.345 e. The van der Waals surface area contributed by atoms with Crippen LogP contribution in [0.2, 0.25) is 0 Å². The predicted molar refractivity (Wildman–Crippen MR) is 94.2 cm³/mol. The van der Waals surface area contributed by atoms with Crippen molar-refractivity contribution in [2.75, 3.05) is 0 Å². The summed E-state index contributed by atoms with van der Waals surface area (Å²) in [5.74, 6) is 0.978. The number of aromatic amines is 1. The molecule has 0 fully saturated rings. The lowest BCUT2D eigenvalue weighted by atomic mass is 10.2. The molecule has 1 aliphatic carbocycles. The summed E-state index contributed by atoms with van der Waals surface area (Å²) in [6.07, 6.45) is 5.34. The second-order valence-electron chi connectivity index (χ2n) is 6.53. The predicted octanol–water partition coefficient (Wildman–Crippen LogP) is 3.24. The van der Waals surface area contributed by atoms with Gasteiger partial charge in [0.05, 0.1) is 17.4 Å². The average Bonchev–Trinajstić information content (AvgIpc) is 3.30. The van der Waals surface area contributed by atoms with Crippen LogP contribution in [-0.2, 0) is 19.4 Å². The molecule has 2 N–H and O–H groups in total. The number of nitrogens with one attached hydrogen (secondary N) is 2. The van der Waals surface area contributed by atoms with Gasteiger partial charge >= 0.3 is 0 Å². The normalized spacial score (nSPS) is 14.8. The topological polar surface area (TPSA) is 58.5 Å². The van der Waals surface area contributed by atoms with Gasteiger partial charge < -0.3 is 10.3 Å². The highest BCUT2D eigenvalue weighted by Crippen LogP contribution is 2.28. The highest BCUT2D eigenvalue weighted by atomic mass is 15.3. The molecule has 0 radical (unpaired) electrons. The number of H-pyrrole nitrogens is 1. The number of aryl methyl sites for hydroxylation is 1. The van der Waals surface area contributed by atoms with Crippen LogP contribution in [0.5, 0.6) is 0 Å². The highest BCUT2D eigenvalue weighted by molar-refractivity contribution is 5.39. The van der Waals surface area contributed by atoms with E-state index in [9.17, 15) is 0 Å². The lowest BCUT2D eigenvalue weighted by molar-refractivity contribution is 0.539. The third-order valence-corrected chi connectivity index (χ3v) is 4.72. The Bertz CT molecular complexity index is 831. The molecule has 0 saturated carbocycles. The van der Waals surface area contributed by atoms with Crippen molar-refractivity contribution >= 4 is 0 Å². The summed E-state index contributed by atoms with van der Waals surface area (Å²) >= 11 is 0. The lowest BCUT2D eigenvalue weighted by Gasteiger charge is -2.10. The Kier molecular flexibility index (Phi) is 3.94. The van der Waals surface area contributed by atoms with E-state index in [4.69, 9.17) is 5.10 Å². The Balaban J connectivity index is 1.56. The zero-order valence-corrected chi connectivity index (χ0v) is 14.2. The Labute approximate surface area is 142 Å². The van der Waals surface area contributed by atoms with Crippen LogP contribution in [0.15, 0.2) is 36.5 Å². The van der Waals surface area contributed by atoms with E-state index in [-0.39, 0.29) is 6.04 Å². The minimum atomic E-state index is 0.178. The van der Waals surface area contributed by atoms with E-state index in [1.807, 2.05) is 19.2 Å². The molecule has 4 rings (SSSR count). The van der Waals surface area contributed by atoms with Gasteiger partial charge in [-0.05, 0) is 50.8 Å². The van der Waals surface area contributed by atoms with E-state index in [0.717, 1.165) is 36.6 Å². The fourth-order valence-electron chi connectivity index (χ4n) is 3.44. The zero-order chi connectivity index (χ0) is 16.5. The molecule has 0 saturated heterocycles. The van der Waals surface area contributed by atoms with E-state index < -0.39 is 0 Å². The summed E-state index contributed by atoms with van der Waals surface area (Å²) in [5.41, 5.74) is 6.21. The van der Waals surface area contributed by atoms with E-state index in [2.05, 4.69) is 51.2 Å². The van der Waals surface area contributed by atoms with Gasteiger partial charge in [0.2, 0.25) is 0 Å². The monoisotopic (exact) mass is 321 g/mol. The fourth-order valence-corrected chi connectivity index (χ4v) is 3.44. The van der Waals surface area contributed by atoms with Gasteiger partial charge in [-0.2, -0.15) is 5.10 Å². The van der Waals surface area contributed by atoms with Gasteiger partial charge in [0.25, 0.3) is 0 Å². The molecule has 1 atom stereocenters. The number of nitrogens with zero attached hydrogens (tertiary/aromatic N) is 3. The lowest BCUT2D eigenvalue weighted by Crippen LogP contribution is -2.20. The number of aromatic nitrogens is 4. The molecule has 0 amide bonds. The van der Waals surface area contributed by atoms with Crippen LogP contribution in [0.3, 0.4) is 0 Å². The zero-order valence-electron chi connectivity index (χ0n) is 14.2. The van der Waals surface area contributed by atoms with Gasteiger partial charge in [-0.3, -0.25) is 0 Å². The third kappa shape index (κ3) is 2.76. The third-order valence-electron chi connectivity index (χ3n) is 4.72. The van der Waals surface area contributed by atoms with E-state index in [0.29, 0.717) is 0 Å². The minimum absolute atomic E-state index is 0.178. The van der Waals surface area contributed by atoms with E-state index in [1.54, 1.807) is 0 Å². The quantitative estimate of drug-likeness (QED) is 0.758. The molecule has 2 aromatic heterocycles. The van der Waals surface area contributed by atoms with Gasteiger partial charge in [-0.25, -0.2) is 9.67 Å². The Morgan fingerprint density at radius 2 is 2.08 bits per heavy atom. The summed E-state index contributed by atoms with van der Waals surface area (Å²) in [4.78, 5) is 7.71.